The molecule has 1 heteroatoms. The van der Waals surface area contributed by atoms with Gasteiger partial charge >= 0.3 is 0 Å². The summed E-state index contributed by atoms with van der Waals surface area (Å²) in [6, 6.07) is 6.58. The zero-order valence-electron chi connectivity index (χ0n) is 12.2. The van der Waals surface area contributed by atoms with Crippen molar-refractivity contribution in [2.75, 3.05) is 5.73 Å². The minimum absolute atomic E-state index is 0.202. The van der Waals surface area contributed by atoms with Crippen molar-refractivity contribution >= 4 is 5.69 Å². The summed E-state index contributed by atoms with van der Waals surface area (Å²) >= 11 is 0. The van der Waals surface area contributed by atoms with Crippen LogP contribution >= 0.6 is 0 Å². The highest BCUT2D eigenvalue weighted by Gasteiger charge is 2.23. The topological polar surface area (TPSA) is 26.0 Å². The Hall–Kier alpha value is -0.980. The maximum absolute atomic E-state index is 6.06. The van der Waals surface area contributed by atoms with Gasteiger partial charge in [0.2, 0.25) is 0 Å². The molecule has 96 valence electrons. The molecule has 0 amide bonds. The van der Waals surface area contributed by atoms with Crippen molar-refractivity contribution in [1.82, 2.24) is 0 Å². The monoisotopic (exact) mass is 233 g/mol. The molecule has 0 aliphatic rings. The van der Waals surface area contributed by atoms with Crippen LogP contribution in [0.4, 0.5) is 5.69 Å². The van der Waals surface area contributed by atoms with Gasteiger partial charge in [-0.15, -0.1) is 0 Å². The van der Waals surface area contributed by atoms with Crippen LogP contribution in [-0.2, 0) is 10.8 Å². The molecule has 1 nitrogen and oxygen atoms in total. The first kappa shape index (κ1) is 14.1. The third-order valence-electron chi connectivity index (χ3n) is 4.29. The number of hydrogen-bond acceptors (Lipinski definition) is 1. The van der Waals surface area contributed by atoms with Crippen LogP contribution in [0.2, 0.25) is 0 Å². The largest absolute Gasteiger partial charge is 0.399 e. The number of anilines is 1. The van der Waals surface area contributed by atoms with Gasteiger partial charge in [-0.1, -0.05) is 47.6 Å². The molecule has 0 atom stereocenters. The molecule has 0 bridgehead atoms. The first-order valence-corrected chi connectivity index (χ1v) is 6.64. The van der Waals surface area contributed by atoms with Crippen LogP contribution in [0.3, 0.4) is 0 Å². The lowest BCUT2D eigenvalue weighted by Gasteiger charge is -2.29. The molecule has 1 rings (SSSR count). The Bertz CT molecular complexity index is 354. The summed E-state index contributed by atoms with van der Waals surface area (Å²) in [7, 11) is 0. The second kappa shape index (κ2) is 4.72. The highest BCUT2D eigenvalue weighted by Crippen LogP contribution is 2.34. The van der Waals surface area contributed by atoms with Gasteiger partial charge in [-0.25, -0.2) is 0 Å². The van der Waals surface area contributed by atoms with E-state index in [1.807, 2.05) is 0 Å². The van der Waals surface area contributed by atoms with E-state index in [1.165, 1.54) is 11.1 Å². The molecule has 0 aliphatic carbocycles. The summed E-state index contributed by atoms with van der Waals surface area (Å²) in [5, 5.41) is 0. The maximum Gasteiger partial charge on any atom is 0.0319 e. The van der Waals surface area contributed by atoms with Gasteiger partial charge in [0.25, 0.3) is 0 Å². The highest BCUT2D eigenvalue weighted by atomic mass is 14.5. The van der Waals surface area contributed by atoms with Gasteiger partial charge in [0, 0.05) is 5.69 Å². The molecule has 0 aliphatic heterocycles. The molecule has 0 fully saturated rings. The Balaban J connectivity index is 3.29. The Morgan fingerprint density at radius 2 is 1.18 bits per heavy atom. The lowest BCUT2D eigenvalue weighted by molar-refractivity contribution is 0.489. The number of nitrogen functional groups attached to an aromatic ring is 1. The molecular weight excluding hydrogens is 206 g/mol. The molecular formula is C16H27N. The van der Waals surface area contributed by atoms with Crippen LogP contribution in [0.5, 0.6) is 0 Å². The van der Waals surface area contributed by atoms with E-state index in [0.717, 1.165) is 18.5 Å². The molecule has 0 spiro atoms. The third-order valence-corrected chi connectivity index (χ3v) is 4.29. The van der Waals surface area contributed by atoms with E-state index >= 15 is 0 Å². The second-order valence-electron chi connectivity index (χ2n) is 6.32. The smallest absolute Gasteiger partial charge is 0.0319 e. The second-order valence-corrected chi connectivity index (χ2v) is 6.32. The van der Waals surface area contributed by atoms with E-state index < -0.39 is 0 Å². The molecule has 0 saturated carbocycles. The maximum atomic E-state index is 6.06. The number of nitrogens with two attached hydrogens (primary N) is 1. The van der Waals surface area contributed by atoms with Crippen LogP contribution in [0.1, 0.15) is 65.5 Å². The van der Waals surface area contributed by atoms with Gasteiger partial charge in [-0.3, -0.25) is 0 Å². The van der Waals surface area contributed by atoms with Crippen LogP contribution in [0.15, 0.2) is 18.2 Å². The van der Waals surface area contributed by atoms with E-state index in [9.17, 15) is 0 Å². The minimum Gasteiger partial charge on any atom is -0.399 e. The lowest BCUT2D eigenvalue weighted by Crippen LogP contribution is -2.20. The van der Waals surface area contributed by atoms with Crippen LogP contribution in [-0.4, -0.2) is 0 Å². The Morgan fingerprint density at radius 3 is 1.47 bits per heavy atom. The van der Waals surface area contributed by atoms with Crippen molar-refractivity contribution in [2.45, 2.75) is 65.2 Å². The molecule has 0 heterocycles. The minimum atomic E-state index is 0.202. The Morgan fingerprint density at radius 1 is 0.824 bits per heavy atom. The fourth-order valence-corrected chi connectivity index (χ4v) is 1.84. The number of rotatable bonds is 4. The summed E-state index contributed by atoms with van der Waals surface area (Å²) in [4.78, 5) is 0. The predicted molar refractivity (Wildman–Crippen MR) is 77.5 cm³/mol. The fourth-order valence-electron chi connectivity index (χ4n) is 1.84. The summed E-state index contributed by atoms with van der Waals surface area (Å²) in [5.74, 6) is 0. The van der Waals surface area contributed by atoms with Crippen molar-refractivity contribution < 1.29 is 0 Å². The van der Waals surface area contributed by atoms with Gasteiger partial charge < -0.3 is 5.73 Å². The summed E-state index contributed by atoms with van der Waals surface area (Å²) < 4.78 is 0. The van der Waals surface area contributed by atoms with E-state index in [-0.39, 0.29) is 10.8 Å². The third kappa shape index (κ3) is 3.02. The quantitative estimate of drug-likeness (QED) is 0.753. The van der Waals surface area contributed by atoms with E-state index in [4.69, 9.17) is 5.73 Å². The Kier molecular flexibility index (Phi) is 3.91. The molecule has 0 aromatic heterocycles. The predicted octanol–water partition coefficient (Wildman–Crippen LogP) is 4.64. The molecule has 0 radical (unpaired) electrons. The average Bonchev–Trinajstić information content (AvgIpc) is 2.28. The van der Waals surface area contributed by atoms with E-state index in [1.54, 1.807) is 0 Å². The standard InChI is InChI=1S/C16H27N/c1-7-15(3,4)12-9-13(11-14(17)10-12)16(5,6)8-2/h9-11H,7-8,17H2,1-6H3. The number of benzene rings is 1. The van der Waals surface area contributed by atoms with Crippen LogP contribution < -0.4 is 5.73 Å². The lowest BCUT2D eigenvalue weighted by atomic mass is 9.76. The molecule has 1 aromatic rings. The van der Waals surface area contributed by atoms with Gasteiger partial charge in [-0.2, -0.15) is 0 Å². The summed E-state index contributed by atoms with van der Waals surface area (Å²) in [6.07, 6.45) is 2.25. The molecule has 0 saturated heterocycles. The van der Waals surface area contributed by atoms with Gasteiger partial charge in [-0.05, 0) is 46.9 Å². The molecule has 2 N–H and O–H groups in total. The summed E-state index contributed by atoms with van der Waals surface area (Å²) in [6.45, 7) is 13.6. The molecule has 0 unspecified atom stereocenters. The Labute approximate surface area is 106 Å². The summed E-state index contributed by atoms with van der Waals surface area (Å²) in [5.41, 5.74) is 10.1. The molecule has 17 heavy (non-hydrogen) atoms. The first-order chi connectivity index (χ1) is 7.73. The number of hydrogen-bond donors (Lipinski definition) is 1. The first-order valence-electron chi connectivity index (χ1n) is 6.64. The van der Waals surface area contributed by atoms with Crippen molar-refractivity contribution in [2.24, 2.45) is 0 Å². The van der Waals surface area contributed by atoms with Crippen molar-refractivity contribution in [1.29, 1.82) is 0 Å². The van der Waals surface area contributed by atoms with Crippen molar-refractivity contribution in [3.63, 3.8) is 0 Å². The van der Waals surface area contributed by atoms with Crippen LogP contribution in [0.25, 0.3) is 0 Å². The van der Waals surface area contributed by atoms with Gasteiger partial charge in [0.05, 0.1) is 0 Å². The molecule has 1 aromatic carbocycles. The van der Waals surface area contributed by atoms with Crippen LogP contribution in [0, 0.1) is 0 Å². The fraction of sp³-hybridized carbons (Fsp3) is 0.625. The highest BCUT2D eigenvalue weighted by molar-refractivity contribution is 5.48. The van der Waals surface area contributed by atoms with Crippen molar-refractivity contribution in [3.05, 3.63) is 29.3 Å². The van der Waals surface area contributed by atoms with E-state index in [2.05, 4.69) is 59.7 Å². The van der Waals surface area contributed by atoms with Crippen molar-refractivity contribution in [3.8, 4) is 0 Å². The zero-order valence-corrected chi connectivity index (χ0v) is 12.2. The SMILES string of the molecule is CCC(C)(C)c1cc(N)cc(C(C)(C)CC)c1. The van der Waals surface area contributed by atoms with Gasteiger partial charge in [0.15, 0.2) is 0 Å². The normalized spacial score (nSPS) is 12.8. The van der Waals surface area contributed by atoms with E-state index in [0.29, 0.717) is 0 Å². The average molecular weight is 233 g/mol. The zero-order chi connectivity index (χ0) is 13.3. The van der Waals surface area contributed by atoms with Gasteiger partial charge in [0.1, 0.15) is 0 Å².